The molecule has 0 aromatic carbocycles. The predicted octanol–water partition coefficient (Wildman–Crippen LogP) is 1.73. The van der Waals surface area contributed by atoms with E-state index in [1.54, 1.807) is 13.8 Å². The summed E-state index contributed by atoms with van der Waals surface area (Å²) < 4.78 is 4.87. The van der Waals surface area contributed by atoms with Crippen LogP contribution in [0.25, 0.3) is 0 Å². The van der Waals surface area contributed by atoms with E-state index in [9.17, 15) is 9.59 Å². The molecule has 0 radical (unpaired) electrons. The largest absolute Gasteiger partial charge is 0.447 e. The molecule has 1 amide bonds. The fourth-order valence-corrected chi connectivity index (χ4v) is 0.830. The number of rotatable bonds is 3. The Labute approximate surface area is 85.0 Å². The molecule has 0 fully saturated rings. The van der Waals surface area contributed by atoms with E-state index >= 15 is 0 Å². The number of alkyl carbamates (subject to hydrolysis) is 1. The van der Waals surface area contributed by atoms with Gasteiger partial charge in [-0.2, -0.15) is 0 Å². The number of aldehydes is 1. The fourth-order valence-electron chi connectivity index (χ4n) is 0.830. The first-order chi connectivity index (χ1) is 6.27. The lowest BCUT2D eigenvalue weighted by Gasteiger charge is -2.26. The zero-order valence-electron chi connectivity index (χ0n) is 9.46. The van der Waals surface area contributed by atoms with E-state index in [-0.39, 0.29) is 11.5 Å². The molecule has 0 aliphatic rings. The zero-order chi connectivity index (χ0) is 11.4. The first-order valence-corrected chi connectivity index (χ1v) is 4.70. The van der Waals surface area contributed by atoms with Gasteiger partial charge in [-0.3, -0.25) is 0 Å². The van der Waals surface area contributed by atoms with Gasteiger partial charge in [0.1, 0.15) is 6.29 Å². The van der Waals surface area contributed by atoms with Crippen molar-refractivity contribution in [3.63, 3.8) is 0 Å². The molecule has 0 aliphatic carbocycles. The van der Waals surface area contributed by atoms with Crippen LogP contribution in [0.5, 0.6) is 0 Å². The van der Waals surface area contributed by atoms with Gasteiger partial charge in [0.15, 0.2) is 0 Å². The molecule has 0 rings (SSSR count). The van der Waals surface area contributed by atoms with Crippen LogP contribution in [0.15, 0.2) is 0 Å². The summed E-state index contributed by atoms with van der Waals surface area (Å²) in [7, 11) is 0. The number of hydrogen-bond donors (Lipinski definition) is 1. The summed E-state index contributed by atoms with van der Waals surface area (Å²) in [6.07, 6.45) is -0.00371. The molecule has 0 saturated heterocycles. The number of carbonyl (C=O) groups is 2. The van der Waals surface area contributed by atoms with E-state index in [0.717, 1.165) is 6.29 Å². The topological polar surface area (TPSA) is 55.4 Å². The first kappa shape index (κ1) is 12.9. The molecule has 0 heterocycles. The van der Waals surface area contributed by atoms with Crippen molar-refractivity contribution in [3.8, 4) is 0 Å². The molecule has 0 bridgehead atoms. The van der Waals surface area contributed by atoms with Gasteiger partial charge in [-0.05, 0) is 19.3 Å². The van der Waals surface area contributed by atoms with E-state index in [4.69, 9.17) is 4.74 Å². The lowest BCUT2D eigenvalue weighted by molar-refractivity contribution is -0.111. The highest BCUT2D eigenvalue weighted by Crippen LogP contribution is 2.17. The number of carbonyl (C=O) groups excluding carboxylic acids is 2. The van der Waals surface area contributed by atoms with Gasteiger partial charge in [-0.1, -0.05) is 20.8 Å². The second-order valence-corrected chi connectivity index (χ2v) is 4.58. The van der Waals surface area contributed by atoms with Crippen LogP contribution in [0, 0.1) is 5.41 Å². The number of nitrogens with one attached hydrogen (secondary N) is 1. The van der Waals surface area contributed by atoms with Crippen LogP contribution in [0.3, 0.4) is 0 Å². The van der Waals surface area contributed by atoms with E-state index < -0.39 is 12.1 Å². The van der Waals surface area contributed by atoms with Crippen LogP contribution in [-0.4, -0.2) is 24.5 Å². The van der Waals surface area contributed by atoms with Crippen LogP contribution in [0.4, 0.5) is 4.79 Å². The Morgan fingerprint density at radius 3 is 2.14 bits per heavy atom. The molecule has 1 unspecified atom stereocenters. The maximum atomic E-state index is 11.2. The van der Waals surface area contributed by atoms with Gasteiger partial charge < -0.3 is 14.8 Å². The highest BCUT2D eigenvalue weighted by molar-refractivity contribution is 5.73. The van der Waals surface area contributed by atoms with Gasteiger partial charge >= 0.3 is 6.09 Å². The number of hydrogen-bond acceptors (Lipinski definition) is 3. The van der Waals surface area contributed by atoms with Gasteiger partial charge in [0, 0.05) is 0 Å². The summed E-state index contributed by atoms with van der Waals surface area (Å²) in [6.45, 7) is 9.14. The molecule has 1 atom stereocenters. The summed E-state index contributed by atoms with van der Waals surface area (Å²) in [5.41, 5.74) is -0.294. The van der Waals surface area contributed by atoms with Crippen molar-refractivity contribution in [2.45, 2.75) is 46.8 Å². The summed E-state index contributed by atoms with van der Waals surface area (Å²) >= 11 is 0. The molecular weight excluding hydrogens is 182 g/mol. The Bertz CT molecular complexity index is 206. The van der Waals surface area contributed by atoms with Gasteiger partial charge in [0.25, 0.3) is 0 Å². The van der Waals surface area contributed by atoms with E-state index in [1.165, 1.54) is 0 Å². The Hall–Kier alpha value is -1.06. The van der Waals surface area contributed by atoms with Crippen LogP contribution < -0.4 is 5.32 Å². The van der Waals surface area contributed by atoms with Crippen LogP contribution in [-0.2, 0) is 9.53 Å². The second-order valence-electron chi connectivity index (χ2n) is 4.58. The molecule has 0 saturated carbocycles. The van der Waals surface area contributed by atoms with Gasteiger partial charge in [0.2, 0.25) is 0 Å². The lowest BCUT2D eigenvalue weighted by Crippen LogP contribution is -2.45. The van der Waals surface area contributed by atoms with Crippen molar-refractivity contribution < 1.29 is 14.3 Å². The molecule has 0 aromatic rings. The second kappa shape index (κ2) is 4.98. The highest BCUT2D eigenvalue weighted by atomic mass is 16.6. The van der Waals surface area contributed by atoms with Crippen LogP contribution in [0.2, 0.25) is 0 Å². The van der Waals surface area contributed by atoms with Crippen molar-refractivity contribution in [1.29, 1.82) is 0 Å². The van der Waals surface area contributed by atoms with Crippen molar-refractivity contribution >= 4 is 12.4 Å². The summed E-state index contributed by atoms with van der Waals surface area (Å²) in [5.74, 6) is 0. The van der Waals surface area contributed by atoms with Gasteiger partial charge in [-0.25, -0.2) is 4.79 Å². The number of amides is 1. The van der Waals surface area contributed by atoms with E-state index in [1.807, 2.05) is 20.8 Å². The minimum absolute atomic E-state index is 0.178. The molecule has 4 nitrogen and oxygen atoms in total. The number of ether oxygens (including phenoxy) is 1. The Kier molecular flexibility index (Phi) is 4.60. The summed E-state index contributed by atoms with van der Waals surface area (Å²) in [4.78, 5) is 21.9. The Morgan fingerprint density at radius 1 is 1.36 bits per heavy atom. The summed E-state index contributed by atoms with van der Waals surface area (Å²) in [6, 6.07) is -0.520. The molecule has 14 heavy (non-hydrogen) atoms. The predicted molar refractivity (Wildman–Crippen MR) is 54.1 cm³/mol. The molecule has 1 N–H and O–H groups in total. The average Bonchev–Trinajstić information content (AvgIpc) is 1.96. The molecule has 0 aliphatic heterocycles. The summed E-state index contributed by atoms with van der Waals surface area (Å²) in [5, 5.41) is 2.51. The van der Waals surface area contributed by atoms with E-state index in [2.05, 4.69) is 5.32 Å². The van der Waals surface area contributed by atoms with Crippen LogP contribution >= 0.6 is 0 Å². The van der Waals surface area contributed by atoms with Crippen molar-refractivity contribution in [3.05, 3.63) is 0 Å². The first-order valence-electron chi connectivity index (χ1n) is 4.70. The smallest absolute Gasteiger partial charge is 0.407 e. The van der Waals surface area contributed by atoms with E-state index in [0.29, 0.717) is 0 Å². The molecular formula is C10H19NO3. The Balaban J connectivity index is 4.20. The van der Waals surface area contributed by atoms with Crippen molar-refractivity contribution in [2.24, 2.45) is 5.41 Å². The highest BCUT2D eigenvalue weighted by Gasteiger charge is 2.26. The minimum atomic E-state index is -0.549. The van der Waals surface area contributed by atoms with Gasteiger partial charge in [0.05, 0.1) is 12.1 Å². The quantitative estimate of drug-likeness (QED) is 0.707. The van der Waals surface area contributed by atoms with Crippen LogP contribution in [0.1, 0.15) is 34.6 Å². The fraction of sp³-hybridized carbons (Fsp3) is 0.800. The standard InChI is InChI=1S/C10H19NO3/c1-7(2)14-9(13)11-8(6-12)10(3,4)5/h6-8H,1-5H3,(H,11,13). The third kappa shape index (κ3) is 4.84. The SMILES string of the molecule is CC(C)OC(=O)NC(C=O)C(C)(C)C. The molecule has 0 aromatic heterocycles. The lowest BCUT2D eigenvalue weighted by atomic mass is 9.88. The third-order valence-electron chi connectivity index (χ3n) is 1.69. The zero-order valence-corrected chi connectivity index (χ0v) is 9.46. The van der Waals surface area contributed by atoms with Crippen molar-refractivity contribution in [2.75, 3.05) is 0 Å². The Morgan fingerprint density at radius 2 is 1.86 bits per heavy atom. The average molecular weight is 201 g/mol. The monoisotopic (exact) mass is 201 g/mol. The van der Waals surface area contributed by atoms with Gasteiger partial charge in [-0.15, -0.1) is 0 Å². The molecule has 4 heteroatoms. The molecule has 0 spiro atoms. The third-order valence-corrected chi connectivity index (χ3v) is 1.69. The maximum absolute atomic E-state index is 11.2. The molecule has 82 valence electrons. The normalized spacial score (nSPS) is 13.6. The maximum Gasteiger partial charge on any atom is 0.407 e. The minimum Gasteiger partial charge on any atom is -0.447 e. The van der Waals surface area contributed by atoms with Crippen molar-refractivity contribution in [1.82, 2.24) is 5.32 Å².